The molecule has 2 aliphatic heterocycles. The molecule has 150 valence electrons. The average molecular weight is 387 g/mol. The van der Waals surface area contributed by atoms with Crippen LogP contribution in [0.3, 0.4) is 0 Å². The van der Waals surface area contributed by atoms with Gasteiger partial charge in [-0.15, -0.1) is 5.10 Å². The van der Waals surface area contributed by atoms with Crippen molar-refractivity contribution < 1.29 is 9.53 Å². The molecule has 0 bridgehead atoms. The first-order valence-electron chi connectivity index (χ1n) is 9.63. The summed E-state index contributed by atoms with van der Waals surface area (Å²) in [5, 5.41) is 7.78. The molecule has 4 rings (SSSR count). The minimum Gasteiger partial charge on any atom is -0.377 e. The van der Waals surface area contributed by atoms with Gasteiger partial charge in [0.25, 0.3) is 5.56 Å². The zero-order valence-electron chi connectivity index (χ0n) is 16.0. The lowest BCUT2D eigenvalue weighted by Crippen LogP contribution is -2.47. The highest BCUT2D eigenvalue weighted by molar-refractivity contribution is 5.75. The van der Waals surface area contributed by atoms with E-state index in [0.717, 1.165) is 24.4 Å². The van der Waals surface area contributed by atoms with Crippen molar-refractivity contribution in [1.82, 2.24) is 24.5 Å². The van der Waals surface area contributed by atoms with Crippen LogP contribution in [0.25, 0.3) is 11.4 Å². The number of nitrogens with zero attached hydrogens (tertiary/aromatic N) is 5. The molecule has 0 unspecified atom stereocenters. The Kier molecular flexibility index (Phi) is 5.14. The summed E-state index contributed by atoms with van der Waals surface area (Å²) in [6.45, 7) is 6.04. The fourth-order valence-electron chi connectivity index (χ4n) is 3.84. The number of nitrogens with one attached hydrogen (secondary N) is 1. The lowest BCUT2D eigenvalue weighted by atomic mass is 10.1. The molecular formula is C18H25N7O3. The molecule has 4 heterocycles. The maximum absolute atomic E-state index is 13.4. The summed E-state index contributed by atoms with van der Waals surface area (Å²) in [4.78, 5) is 31.8. The number of nitrogens with two attached hydrogens (primary N) is 1. The molecule has 0 aromatic carbocycles. The number of piperazine rings is 1. The van der Waals surface area contributed by atoms with Crippen molar-refractivity contribution >= 4 is 22.9 Å². The number of ether oxygens (including phenoxy) is 1. The summed E-state index contributed by atoms with van der Waals surface area (Å²) < 4.78 is 8.40. The lowest BCUT2D eigenvalue weighted by molar-refractivity contribution is -0.118. The van der Waals surface area contributed by atoms with Crippen LogP contribution in [0.4, 0.5) is 5.69 Å². The molecule has 2 aromatic rings. The number of primary amides is 1. The van der Waals surface area contributed by atoms with Gasteiger partial charge in [0, 0.05) is 26.2 Å². The number of fused-ring (bicyclic) bond motifs is 1. The Bertz CT molecular complexity index is 985. The fraction of sp³-hybridized carbons (Fsp3) is 0.556. The van der Waals surface area contributed by atoms with Gasteiger partial charge in [0.15, 0.2) is 5.82 Å². The van der Waals surface area contributed by atoms with E-state index >= 15 is 0 Å². The normalized spacial score (nSPS) is 17.8. The van der Waals surface area contributed by atoms with E-state index < -0.39 is 5.91 Å². The predicted molar refractivity (Wildman–Crippen MR) is 104 cm³/mol. The minimum absolute atomic E-state index is 0.0493. The molecule has 1 saturated heterocycles. The third-order valence-electron chi connectivity index (χ3n) is 5.16. The molecule has 0 saturated carbocycles. The first-order valence-corrected chi connectivity index (χ1v) is 9.63. The SMILES string of the molecule is CCc1c(N2CCNCC2)c(=O)n2nc(C3=CCOCC3)nc2n1CC(N)=O. The molecule has 0 aliphatic carbocycles. The largest absolute Gasteiger partial charge is 0.377 e. The Morgan fingerprint density at radius 2 is 2.14 bits per heavy atom. The quantitative estimate of drug-likeness (QED) is 0.686. The van der Waals surface area contributed by atoms with Crippen molar-refractivity contribution in [3.05, 3.63) is 27.9 Å². The van der Waals surface area contributed by atoms with Gasteiger partial charge in [-0.2, -0.15) is 9.50 Å². The number of rotatable bonds is 5. The molecule has 10 nitrogen and oxygen atoms in total. The van der Waals surface area contributed by atoms with Gasteiger partial charge in [0.1, 0.15) is 12.2 Å². The van der Waals surface area contributed by atoms with Crippen LogP contribution in [0.2, 0.25) is 0 Å². The first-order chi connectivity index (χ1) is 13.6. The summed E-state index contributed by atoms with van der Waals surface area (Å²) in [7, 11) is 0. The van der Waals surface area contributed by atoms with Crippen LogP contribution in [0.15, 0.2) is 10.9 Å². The smallest absolute Gasteiger partial charge is 0.299 e. The third kappa shape index (κ3) is 3.29. The number of carbonyl (C=O) groups is 1. The van der Waals surface area contributed by atoms with Gasteiger partial charge in [-0.25, -0.2) is 0 Å². The van der Waals surface area contributed by atoms with Gasteiger partial charge >= 0.3 is 0 Å². The number of hydrogen-bond donors (Lipinski definition) is 2. The Morgan fingerprint density at radius 3 is 2.79 bits per heavy atom. The van der Waals surface area contributed by atoms with Gasteiger partial charge in [0.05, 0.1) is 18.9 Å². The van der Waals surface area contributed by atoms with Crippen molar-refractivity contribution in [2.45, 2.75) is 26.3 Å². The molecule has 0 atom stereocenters. The maximum atomic E-state index is 13.4. The summed E-state index contributed by atoms with van der Waals surface area (Å²) in [6.07, 6.45) is 3.20. The van der Waals surface area contributed by atoms with Crippen molar-refractivity contribution in [2.24, 2.45) is 5.73 Å². The second kappa shape index (κ2) is 7.72. The van der Waals surface area contributed by atoms with Crippen molar-refractivity contribution in [3.63, 3.8) is 0 Å². The van der Waals surface area contributed by atoms with Crippen molar-refractivity contribution in [3.8, 4) is 0 Å². The molecule has 1 fully saturated rings. The molecule has 10 heteroatoms. The first kappa shape index (κ1) is 18.6. The standard InChI is InChI=1S/C18H25N7O3/c1-2-13-15(23-7-5-20-6-8-23)17(27)25-18(24(13)11-14(19)26)21-16(22-25)12-3-9-28-10-4-12/h3,20H,2,4-11H2,1H3,(H2,19,26). The van der Waals surface area contributed by atoms with Crippen LogP contribution >= 0.6 is 0 Å². The van der Waals surface area contributed by atoms with E-state index in [-0.39, 0.29) is 12.1 Å². The van der Waals surface area contributed by atoms with Crippen LogP contribution in [0.5, 0.6) is 0 Å². The highest BCUT2D eigenvalue weighted by Gasteiger charge is 2.25. The summed E-state index contributed by atoms with van der Waals surface area (Å²) in [6, 6.07) is 0. The second-order valence-corrected chi connectivity index (χ2v) is 6.95. The predicted octanol–water partition coefficient (Wildman–Crippen LogP) is -0.848. The number of anilines is 1. The van der Waals surface area contributed by atoms with Crippen molar-refractivity contribution in [2.75, 3.05) is 44.3 Å². The van der Waals surface area contributed by atoms with Gasteiger partial charge in [-0.05, 0) is 18.4 Å². The zero-order chi connectivity index (χ0) is 19.7. The molecular weight excluding hydrogens is 362 g/mol. The molecule has 28 heavy (non-hydrogen) atoms. The van der Waals surface area contributed by atoms with E-state index in [1.54, 1.807) is 4.57 Å². The van der Waals surface area contributed by atoms with Crippen LogP contribution in [0, 0.1) is 0 Å². The Hall–Kier alpha value is -2.72. The molecule has 1 amide bonds. The van der Waals surface area contributed by atoms with Gasteiger partial charge in [-0.1, -0.05) is 13.0 Å². The maximum Gasteiger partial charge on any atom is 0.299 e. The van der Waals surface area contributed by atoms with Crippen LogP contribution in [-0.4, -0.2) is 64.5 Å². The summed E-state index contributed by atoms with van der Waals surface area (Å²) in [5.74, 6) is 0.362. The molecule has 2 aromatic heterocycles. The minimum atomic E-state index is -0.485. The lowest BCUT2D eigenvalue weighted by Gasteiger charge is -2.31. The molecule has 3 N–H and O–H groups in total. The van der Waals surface area contributed by atoms with E-state index in [9.17, 15) is 9.59 Å². The zero-order valence-corrected chi connectivity index (χ0v) is 16.0. The van der Waals surface area contributed by atoms with Crippen molar-refractivity contribution in [1.29, 1.82) is 0 Å². The summed E-state index contributed by atoms with van der Waals surface area (Å²) in [5.41, 5.74) is 7.59. The molecule has 0 spiro atoms. The van der Waals surface area contributed by atoms with Gasteiger partial charge < -0.3 is 25.3 Å². The number of aromatic nitrogens is 4. The Morgan fingerprint density at radius 1 is 1.36 bits per heavy atom. The van der Waals surface area contributed by atoms with E-state index in [4.69, 9.17) is 10.5 Å². The van der Waals surface area contributed by atoms with E-state index in [1.807, 2.05) is 13.0 Å². The fourth-order valence-corrected chi connectivity index (χ4v) is 3.84. The topological polar surface area (TPSA) is 120 Å². The van der Waals surface area contributed by atoms with Gasteiger partial charge in [0.2, 0.25) is 11.7 Å². The average Bonchev–Trinajstić information content (AvgIpc) is 3.17. The van der Waals surface area contributed by atoms with Crippen LogP contribution in [0.1, 0.15) is 24.9 Å². The Balaban J connectivity index is 1.95. The highest BCUT2D eigenvalue weighted by atomic mass is 16.5. The number of amides is 1. The second-order valence-electron chi connectivity index (χ2n) is 6.95. The summed E-state index contributed by atoms with van der Waals surface area (Å²) >= 11 is 0. The highest BCUT2D eigenvalue weighted by Crippen LogP contribution is 2.22. The van der Waals surface area contributed by atoms with Crippen LogP contribution in [-0.2, 0) is 22.5 Å². The Labute approximate surface area is 162 Å². The van der Waals surface area contributed by atoms with Crippen LogP contribution < -0.4 is 21.5 Å². The number of hydrogen-bond acceptors (Lipinski definition) is 7. The third-order valence-corrected chi connectivity index (χ3v) is 5.16. The number of carbonyl (C=O) groups excluding carboxylic acids is 1. The van der Waals surface area contributed by atoms with E-state index in [0.29, 0.717) is 56.4 Å². The molecule has 0 radical (unpaired) electrons. The monoisotopic (exact) mass is 387 g/mol. The van der Waals surface area contributed by atoms with E-state index in [1.165, 1.54) is 4.52 Å². The van der Waals surface area contributed by atoms with Gasteiger partial charge in [-0.3, -0.25) is 9.59 Å². The van der Waals surface area contributed by atoms with E-state index in [2.05, 4.69) is 20.3 Å². The molecule has 2 aliphatic rings.